The minimum absolute atomic E-state index is 0.0610. The van der Waals surface area contributed by atoms with Gasteiger partial charge in [0, 0.05) is 16.9 Å². The first-order chi connectivity index (χ1) is 9.65. The van der Waals surface area contributed by atoms with Crippen molar-refractivity contribution in [2.24, 2.45) is 0 Å². The van der Waals surface area contributed by atoms with Crippen LogP contribution in [0.2, 0.25) is 0 Å². The molecular weight excluding hydrogens is 298 g/mol. The number of rotatable bonds is 2. The van der Waals surface area contributed by atoms with Crippen molar-refractivity contribution in [3.63, 3.8) is 0 Å². The molecule has 1 N–H and O–H groups in total. The molecule has 0 aromatic carbocycles. The molecule has 1 atom stereocenters. The Morgan fingerprint density at radius 1 is 1.55 bits per heavy atom. The van der Waals surface area contributed by atoms with Crippen LogP contribution in [0.15, 0.2) is 22.7 Å². The van der Waals surface area contributed by atoms with E-state index in [2.05, 4.69) is 5.10 Å². The second-order valence-corrected chi connectivity index (χ2v) is 6.52. The highest BCUT2D eigenvalue weighted by atomic mass is 32.2. The fraction of sp³-hybridized carbons (Fsp3) is 0.250. The minimum atomic E-state index is -1.06. The van der Waals surface area contributed by atoms with E-state index in [0.29, 0.717) is 5.57 Å². The lowest BCUT2D eigenvalue weighted by atomic mass is 10.0. The Balaban J connectivity index is 1.61. The number of carbonyl (C=O) groups is 2. The van der Waals surface area contributed by atoms with Crippen LogP contribution in [0.4, 0.5) is 0 Å². The fourth-order valence-electron chi connectivity index (χ4n) is 2.44. The van der Waals surface area contributed by atoms with Gasteiger partial charge in [-0.25, -0.2) is 4.79 Å². The van der Waals surface area contributed by atoms with Crippen molar-refractivity contribution in [2.45, 2.75) is 17.0 Å². The van der Waals surface area contributed by atoms with Crippen molar-refractivity contribution in [3.8, 4) is 0 Å². The van der Waals surface area contributed by atoms with E-state index in [1.807, 2.05) is 10.7 Å². The Morgan fingerprint density at radius 2 is 2.40 bits per heavy atom. The summed E-state index contributed by atoms with van der Waals surface area (Å²) in [6.07, 6.45) is 1.77. The second kappa shape index (κ2) is 4.16. The molecule has 1 fully saturated rings. The average molecular weight is 307 g/mol. The fourth-order valence-corrected chi connectivity index (χ4v) is 4.49. The van der Waals surface area contributed by atoms with Crippen molar-refractivity contribution in [1.82, 2.24) is 14.7 Å². The lowest BCUT2D eigenvalue weighted by Crippen LogP contribution is -2.51. The third-order valence-electron chi connectivity index (χ3n) is 3.40. The number of fused-ring (bicyclic) bond motifs is 2. The Labute approximate surface area is 122 Å². The van der Waals surface area contributed by atoms with Gasteiger partial charge in [0.05, 0.1) is 17.1 Å². The first-order valence-corrected chi connectivity index (χ1v) is 8.03. The van der Waals surface area contributed by atoms with Gasteiger partial charge in [0.25, 0.3) is 5.91 Å². The molecule has 20 heavy (non-hydrogen) atoms. The number of thioether (sulfide) groups is 2. The van der Waals surface area contributed by atoms with Crippen molar-refractivity contribution >= 4 is 41.5 Å². The monoisotopic (exact) mass is 307 g/mol. The van der Waals surface area contributed by atoms with Crippen molar-refractivity contribution in [3.05, 3.63) is 34.1 Å². The maximum atomic E-state index is 12.0. The van der Waals surface area contributed by atoms with Crippen LogP contribution in [-0.2, 0) is 21.2 Å². The number of hydrogen-bond acceptors (Lipinski definition) is 5. The SMILES string of the molecule is O=C(O)C1=CS[C@@H]2C(=Cc3cc4n(n3)CSC4)C(=O)N12. The van der Waals surface area contributed by atoms with E-state index >= 15 is 0 Å². The second-order valence-electron chi connectivity index (χ2n) is 4.61. The Hall–Kier alpha value is -1.67. The number of amides is 1. The van der Waals surface area contributed by atoms with Crippen LogP contribution < -0.4 is 0 Å². The topological polar surface area (TPSA) is 75.4 Å². The van der Waals surface area contributed by atoms with E-state index in [4.69, 9.17) is 5.11 Å². The molecule has 3 aliphatic heterocycles. The maximum Gasteiger partial charge on any atom is 0.353 e. The number of carboxylic acid groups (broad SMARTS) is 1. The molecule has 0 aliphatic carbocycles. The van der Waals surface area contributed by atoms with E-state index in [-0.39, 0.29) is 17.0 Å². The lowest BCUT2D eigenvalue weighted by molar-refractivity contribution is -0.141. The van der Waals surface area contributed by atoms with Gasteiger partial charge in [0.2, 0.25) is 0 Å². The first kappa shape index (κ1) is 12.1. The van der Waals surface area contributed by atoms with Crippen LogP contribution in [0.25, 0.3) is 6.08 Å². The smallest absolute Gasteiger partial charge is 0.353 e. The molecule has 1 aromatic rings. The summed E-state index contributed by atoms with van der Waals surface area (Å²) >= 11 is 3.15. The lowest BCUT2D eigenvalue weighted by Gasteiger charge is -2.36. The summed E-state index contributed by atoms with van der Waals surface area (Å²) in [5.41, 5.74) is 2.61. The molecular formula is C12H9N3O3S2. The third kappa shape index (κ3) is 1.58. The molecule has 0 radical (unpaired) electrons. The summed E-state index contributed by atoms with van der Waals surface area (Å²) in [6, 6.07) is 1.98. The first-order valence-electron chi connectivity index (χ1n) is 5.94. The zero-order chi connectivity index (χ0) is 13.9. The minimum Gasteiger partial charge on any atom is -0.477 e. The normalized spacial score (nSPS) is 25.5. The molecule has 4 heterocycles. The number of carboxylic acids is 1. The van der Waals surface area contributed by atoms with Gasteiger partial charge in [0.15, 0.2) is 0 Å². The number of aliphatic carboxylic acids is 1. The summed E-state index contributed by atoms with van der Waals surface area (Å²) < 4.78 is 1.93. The van der Waals surface area contributed by atoms with E-state index in [1.54, 1.807) is 17.8 Å². The molecule has 8 heteroatoms. The summed E-state index contributed by atoms with van der Waals surface area (Å²) in [4.78, 5) is 24.3. The number of nitrogens with zero attached hydrogens (tertiary/aromatic N) is 3. The molecule has 1 aromatic heterocycles. The Morgan fingerprint density at radius 3 is 3.15 bits per heavy atom. The summed E-state index contributed by atoms with van der Waals surface area (Å²) in [7, 11) is 0. The van der Waals surface area contributed by atoms with Gasteiger partial charge in [0.1, 0.15) is 11.1 Å². The largest absolute Gasteiger partial charge is 0.477 e. The van der Waals surface area contributed by atoms with Crippen molar-refractivity contribution < 1.29 is 14.7 Å². The van der Waals surface area contributed by atoms with Crippen LogP contribution >= 0.6 is 23.5 Å². The van der Waals surface area contributed by atoms with Crippen LogP contribution in [0.1, 0.15) is 11.4 Å². The highest BCUT2D eigenvalue weighted by molar-refractivity contribution is 8.03. The van der Waals surface area contributed by atoms with E-state index in [9.17, 15) is 9.59 Å². The van der Waals surface area contributed by atoms with Crippen molar-refractivity contribution in [2.75, 3.05) is 0 Å². The Kier molecular flexibility index (Phi) is 2.52. The van der Waals surface area contributed by atoms with Crippen molar-refractivity contribution in [1.29, 1.82) is 0 Å². The van der Waals surface area contributed by atoms with Crippen LogP contribution in [0.5, 0.6) is 0 Å². The number of carbonyl (C=O) groups excluding carboxylic acids is 1. The number of aromatic nitrogens is 2. The summed E-state index contributed by atoms with van der Waals surface area (Å²) in [6.45, 7) is 0. The van der Waals surface area contributed by atoms with Crippen LogP contribution in [0, 0.1) is 0 Å². The molecule has 1 amide bonds. The zero-order valence-electron chi connectivity index (χ0n) is 10.1. The summed E-state index contributed by atoms with van der Waals surface area (Å²) in [5, 5.41) is 14.7. The highest BCUT2D eigenvalue weighted by Crippen LogP contribution is 2.45. The zero-order valence-corrected chi connectivity index (χ0v) is 11.8. The van der Waals surface area contributed by atoms with Gasteiger partial charge in [-0.1, -0.05) is 0 Å². The van der Waals surface area contributed by atoms with Gasteiger partial charge < -0.3 is 5.11 Å². The Bertz CT molecular complexity index is 685. The maximum absolute atomic E-state index is 12.0. The van der Waals surface area contributed by atoms with Gasteiger partial charge in [-0.15, -0.1) is 23.5 Å². The molecule has 1 saturated heterocycles. The predicted octanol–water partition coefficient (Wildman–Crippen LogP) is 1.31. The van der Waals surface area contributed by atoms with E-state index in [0.717, 1.165) is 23.0 Å². The number of hydrogen-bond donors (Lipinski definition) is 1. The average Bonchev–Trinajstić information content (AvgIpc) is 3.07. The standard InChI is InChI=1S/C12H9N3O3S2/c16-10-8(11-15(10)9(4-20-11)12(17)18)2-6-1-7-3-19-5-14(7)13-6/h1-2,4,11H,3,5H2,(H,17,18)/t11-/m1/s1. The molecule has 0 spiro atoms. The number of β-lactam (4-membered cyclic amide) rings is 1. The van der Waals surface area contributed by atoms with Crippen LogP contribution in [0.3, 0.4) is 0 Å². The molecule has 102 valence electrons. The third-order valence-corrected chi connectivity index (χ3v) is 5.41. The quantitative estimate of drug-likeness (QED) is 0.656. The van der Waals surface area contributed by atoms with Gasteiger partial charge >= 0.3 is 5.97 Å². The summed E-state index contributed by atoms with van der Waals surface area (Å²) in [5.74, 6) is 0.488. The highest BCUT2D eigenvalue weighted by Gasteiger charge is 2.49. The predicted molar refractivity (Wildman–Crippen MR) is 75.4 cm³/mol. The van der Waals surface area contributed by atoms with E-state index in [1.165, 1.54) is 22.1 Å². The van der Waals surface area contributed by atoms with E-state index < -0.39 is 5.97 Å². The van der Waals surface area contributed by atoms with Crippen LogP contribution in [-0.4, -0.2) is 37.0 Å². The van der Waals surface area contributed by atoms with Gasteiger partial charge in [-0.05, 0) is 12.1 Å². The van der Waals surface area contributed by atoms with Gasteiger partial charge in [-0.3, -0.25) is 14.4 Å². The molecule has 6 nitrogen and oxygen atoms in total. The van der Waals surface area contributed by atoms with Gasteiger partial charge in [-0.2, -0.15) is 5.10 Å². The molecule has 0 saturated carbocycles. The molecule has 3 aliphatic rings. The molecule has 4 rings (SSSR count). The molecule has 0 bridgehead atoms. The molecule has 0 unspecified atom stereocenters.